The maximum atomic E-state index is 11.8. The molecular formula is C11H21F3N2O2. The van der Waals surface area contributed by atoms with Gasteiger partial charge in [-0.25, -0.2) is 4.79 Å². The van der Waals surface area contributed by atoms with Crippen molar-refractivity contribution in [2.24, 2.45) is 0 Å². The summed E-state index contributed by atoms with van der Waals surface area (Å²) in [6, 6.07) is 0. The van der Waals surface area contributed by atoms with Gasteiger partial charge in [-0.1, -0.05) is 0 Å². The van der Waals surface area contributed by atoms with E-state index in [2.05, 4.69) is 10.6 Å². The van der Waals surface area contributed by atoms with Crippen molar-refractivity contribution in [2.45, 2.75) is 45.4 Å². The Morgan fingerprint density at radius 2 is 1.72 bits per heavy atom. The molecule has 0 spiro atoms. The fraction of sp³-hybridized carbons (Fsp3) is 0.909. The molecule has 0 aromatic heterocycles. The zero-order valence-electron chi connectivity index (χ0n) is 11.0. The number of ether oxygens (including phenoxy) is 1. The Morgan fingerprint density at radius 1 is 1.11 bits per heavy atom. The van der Waals surface area contributed by atoms with Crippen LogP contribution in [-0.2, 0) is 4.74 Å². The standard InChI is InChI=1S/C11H21F3N2O2/c1-10(2,3)18-9(17)16-7-4-6-15-8-5-11(12,13)14/h15H,4-8H2,1-3H3,(H,16,17). The molecule has 0 heterocycles. The topological polar surface area (TPSA) is 50.4 Å². The molecule has 2 N–H and O–H groups in total. The average Bonchev–Trinajstić information content (AvgIpc) is 2.11. The minimum absolute atomic E-state index is 0.101. The number of carbonyl (C=O) groups excluding carboxylic acids is 1. The van der Waals surface area contributed by atoms with Crippen molar-refractivity contribution < 1.29 is 22.7 Å². The molecule has 108 valence electrons. The number of alkyl halides is 3. The van der Waals surface area contributed by atoms with E-state index in [0.29, 0.717) is 19.5 Å². The maximum Gasteiger partial charge on any atom is 0.407 e. The monoisotopic (exact) mass is 270 g/mol. The van der Waals surface area contributed by atoms with E-state index in [1.807, 2.05) is 0 Å². The molecule has 1 amide bonds. The number of hydrogen-bond donors (Lipinski definition) is 2. The van der Waals surface area contributed by atoms with E-state index in [0.717, 1.165) is 0 Å². The predicted molar refractivity (Wildman–Crippen MR) is 62.4 cm³/mol. The third-order valence-corrected chi connectivity index (χ3v) is 1.78. The fourth-order valence-electron chi connectivity index (χ4n) is 1.07. The lowest BCUT2D eigenvalue weighted by atomic mass is 10.2. The third kappa shape index (κ3) is 13.1. The van der Waals surface area contributed by atoms with Crippen LogP contribution in [-0.4, -0.2) is 37.5 Å². The molecule has 0 aromatic rings. The first-order valence-electron chi connectivity index (χ1n) is 5.84. The highest BCUT2D eigenvalue weighted by Gasteiger charge is 2.25. The van der Waals surface area contributed by atoms with Crippen LogP contribution in [0.15, 0.2) is 0 Å². The van der Waals surface area contributed by atoms with E-state index in [-0.39, 0.29) is 6.54 Å². The van der Waals surface area contributed by atoms with Gasteiger partial charge in [0.2, 0.25) is 0 Å². The van der Waals surface area contributed by atoms with Gasteiger partial charge in [-0.15, -0.1) is 0 Å². The van der Waals surface area contributed by atoms with Crippen LogP contribution in [0.2, 0.25) is 0 Å². The molecule has 0 aliphatic rings. The summed E-state index contributed by atoms with van der Waals surface area (Å²) in [6.07, 6.45) is -4.93. The Bertz CT molecular complexity index is 250. The van der Waals surface area contributed by atoms with Gasteiger partial charge in [0.05, 0.1) is 6.42 Å². The van der Waals surface area contributed by atoms with Crippen LogP contribution in [0.1, 0.15) is 33.6 Å². The lowest BCUT2D eigenvalue weighted by Gasteiger charge is -2.19. The molecule has 0 saturated carbocycles. The van der Waals surface area contributed by atoms with Crippen molar-refractivity contribution in [3.8, 4) is 0 Å². The van der Waals surface area contributed by atoms with Crippen LogP contribution in [0.25, 0.3) is 0 Å². The molecule has 4 nitrogen and oxygen atoms in total. The first-order valence-corrected chi connectivity index (χ1v) is 5.84. The molecule has 7 heteroatoms. The highest BCUT2D eigenvalue weighted by molar-refractivity contribution is 5.67. The Balaban J connectivity index is 3.39. The maximum absolute atomic E-state index is 11.8. The van der Waals surface area contributed by atoms with E-state index in [9.17, 15) is 18.0 Å². The van der Waals surface area contributed by atoms with Crippen LogP contribution in [0.4, 0.5) is 18.0 Å². The summed E-state index contributed by atoms with van der Waals surface area (Å²) in [5.41, 5.74) is -0.547. The largest absolute Gasteiger partial charge is 0.444 e. The summed E-state index contributed by atoms with van der Waals surface area (Å²) in [5, 5.41) is 5.17. The summed E-state index contributed by atoms with van der Waals surface area (Å²) in [4.78, 5) is 11.2. The quantitative estimate of drug-likeness (QED) is 0.729. The summed E-state index contributed by atoms with van der Waals surface area (Å²) in [7, 11) is 0. The van der Waals surface area contributed by atoms with Gasteiger partial charge in [-0.2, -0.15) is 13.2 Å². The summed E-state index contributed by atoms with van der Waals surface area (Å²) in [6.45, 7) is 5.96. The van der Waals surface area contributed by atoms with E-state index in [1.165, 1.54) is 0 Å². The Labute approximate surface area is 105 Å². The lowest BCUT2D eigenvalue weighted by Crippen LogP contribution is -2.34. The lowest BCUT2D eigenvalue weighted by molar-refractivity contribution is -0.133. The SMILES string of the molecule is CC(C)(C)OC(=O)NCCCNCCC(F)(F)F. The van der Waals surface area contributed by atoms with Gasteiger partial charge in [-0.05, 0) is 33.7 Å². The highest BCUT2D eigenvalue weighted by Crippen LogP contribution is 2.17. The first-order chi connectivity index (χ1) is 8.10. The van der Waals surface area contributed by atoms with E-state index >= 15 is 0 Å². The molecule has 0 rings (SSSR count). The minimum Gasteiger partial charge on any atom is -0.444 e. The van der Waals surface area contributed by atoms with Gasteiger partial charge in [-0.3, -0.25) is 0 Å². The Kier molecular flexibility index (Phi) is 7.05. The number of halogens is 3. The fourth-order valence-corrected chi connectivity index (χ4v) is 1.07. The summed E-state index contributed by atoms with van der Waals surface area (Å²) < 4.78 is 40.3. The number of alkyl carbamates (subject to hydrolysis) is 1. The molecular weight excluding hydrogens is 249 g/mol. The van der Waals surface area contributed by atoms with Gasteiger partial charge in [0.25, 0.3) is 0 Å². The molecule has 0 aromatic carbocycles. The smallest absolute Gasteiger partial charge is 0.407 e. The molecule has 0 atom stereocenters. The highest BCUT2D eigenvalue weighted by atomic mass is 19.4. The van der Waals surface area contributed by atoms with Crippen LogP contribution in [0.5, 0.6) is 0 Å². The molecule has 0 saturated heterocycles. The molecule has 0 aliphatic carbocycles. The second kappa shape index (κ2) is 7.45. The van der Waals surface area contributed by atoms with E-state index in [1.54, 1.807) is 20.8 Å². The molecule has 18 heavy (non-hydrogen) atoms. The number of hydrogen-bond acceptors (Lipinski definition) is 3. The molecule has 0 unspecified atom stereocenters. The van der Waals surface area contributed by atoms with Crippen molar-refractivity contribution >= 4 is 6.09 Å². The van der Waals surface area contributed by atoms with Crippen molar-refractivity contribution in [1.82, 2.24) is 10.6 Å². The Morgan fingerprint density at radius 3 is 2.22 bits per heavy atom. The molecule has 0 fully saturated rings. The average molecular weight is 270 g/mol. The van der Waals surface area contributed by atoms with Crippen LogP contribution in [0, 0.1) is 0 Å². The van der Waals surface area contributed by atoms with Crippen LogP contribution < -0.4 is 10.6 Å². The Hall–Kier alpha value is -0.980. The van der Waals surface area contributed by atoms with E-state index < -0.39 is 24.3 Å². The molecule has 0 aliphatic heterocycles. The zero-order chi connectivity index (χ0) is 14.2. The molecule has 0 bridgehead atoms. The normalized spacial score (nSPS) is 12.3. The number of amides is 1. The third-order valence-electron chi connectivity index (χ3n) is 1.78. The zero-order valence-corrected chi connectivity index (χ0v) is 11.0. The number of rotatable bonds is 6. The van der Waals surface area contributed by atoms with Gasteiger partial charge in [0, 0.05) is 13.1 Å². The van der Waals surface area contributed by atoms with E-state index in [4.69, 9.17) is 4.74 Å². The van der Waals surface area contributed by atoms with Crippen molar-refractivity contribution in [3.05, 3.63) is 0 Å². The minimum atomic E-state index is -4.12. The van der Waals surface area contributed by atoms with Crippen molar-refractivity contribution in [1.29, 1.82) is 0 Å². The van der Waals surface area contributed by atoms with Gasteiger partial charge in [0.1, 0.15) is 5.60 Å². The molecule has 0 radical (unpaired) electrons. The second-order valence-electron chi connectivity index (χ2n) is 4.90. The number of nitrogens with one attached hydrogen (secondary N) is 2. The van der Waals surface area contributed by atoms with Crippen LogP contribution in [0.3, 0.4) is 0 Å². The second-order valence-corrected chi connectivity index (χ2v) is 4.90. The summed E-state index contributed by atoms with van der Waals surface area (Å²) in [5.74, 6) is 0. The van der Waals surface area contributed by atoms with Crippen molar-refractivity contribution in [2.75, 3.05) is 19.6 Å². The van der Waals surface area contributed by atoms with Crippen LogP contribution >= 0.6 is 0 Å². The van der Waals surface area contributed by atoms with Gasteiger partial charge in [0.15, 0.2) is 0 Å². The number of carbonyl (C=O) groups is 1. The summed E-state index contributed by atoms with van der Waals surface area (Å²) >= 11 is 0. The van der Waals surface area contributed by atoms with Crippen molar-refractivity contribution in [3.63, 3.8) is 0 Å². The first kappa shape index (κ1) is 17.0. The van der Waals surface area contributed by atoms with Gasteiger partial charge < -0.3 is 15.4 Å². The van der Waals surface area contributed by atoms with Gasteiger partial charge >= 0.3 is 12.3 Å². The predicted octanol–water partition coefficient (Wildman–Crippen LogP) is 2.44.